The minimum Gasteiger partial charge on any atom is -0.494 e. The van der Waals surface area contributed by atoms with Crippen molar-refractivity contribution in [2.75, 3.05) is 6.61 Å². The van der Waals surface area contributed by atoms with Gasteiger partial charge in [-0.3, -0.25) is 4.79 Å². The van der Waals surface area contributed by atoms with E-state index in [9.17, 15) is 4.79 Å². The first-order chi connectivity index (χ1) is 11.0. The van der Waals surface area contributed by atoms with Gasteiger partial charge in [-0.15, -0.1) is 0 Å². The number of nitrogens with one attached hydrogen (secondary N) is 1. The zero-order valence-electron chi connectivity index (χ0n) is 13.1. The van der Waals surface area contributed by atoms with E-state index in [1.165, 1.54) is 0 Å². The number of carbonyl (C=O) groups excluding carboxylic acids is 1. The minimum absolute atomic E-state index is 0.0623. The van der Waals surface area contributed by atoms with E-state index in [1.807, 2.05) is 44.2 Å². The normalized spacial score (nSPS) is 11.8. The van der Waals surface area contributed by atoms with Crippen LogP contribution in [0.25, 0.3) is 0 Å². The predicted molar refractivity (Wildman–Crippen MR) is 94.3 cm³/mol. The molecular formula is C18H19Cl2NO2. The third kappa shape index (κ3) is 5.15. The van der Waals surface area contributed by atoms with Crippen LogP contribution in [0.15, 0.2) is 42.5 Å². The number of rotatable bonds is 6. The highest BCUT2D eigenvalue weighted by molar-refractivity contribution is 6.35. The summed E-state index contributed by atoms with van der Waals surface area (Å²) in [6, 6.07) is 12.6. The quantitative estimate of drug-likeness (QED) is 0.810. The molecular weight excluding hydrogens is 333 g/mol. The Morgan fingerprint density at radius 1 is 1.17 bits per heavy atom. The van der Waals surface area contributed by atoms with Crippen molar-refractivity contribution in [3.8, 4) is 5.75 Å². The summed E-state index contributed by atoms with van der Waals surface area (Å²) in [5, 5.41) is 4.07. The summed E-state index contributed by atoms with van der Waals surface area (Å²) in [7, 11) is 0. The van der Waals surface area contributed by atoms with Gasteiger partial charge in [0, 0.05) is 10.0 Å². The second-order valence-electron chi connectivity index (χ2n) is 5.21. The van der Waals surface area contributed by atoms with Crippen molar-refractivity contribution >= 4 is 29.1 Å². The molecule has 122 valence electrons. The van der Waals surface area contributed by atoms with Crippen LogP contribution in [0.4, 0.5) is 0 Å². The summed E-state index contributed by atoms with van der Waals surface area (Å²) in [4.78, 5) is 12.2. The molecule has 0 aromatic heterocycles. The van der Waals surface area contributed by atoms with Gasteiger partial charge in [-0.05, 0) is 49.2 Å². The van der Waals surface area contributed by atoms with Gasteiger partial charge in [-0.1, -0.05) is 41.4 Å². The molecule has 0 aliphatic heterocycles. The Kier molecular flexibility index (Phi) is 6.31. The average Bonchev–Trinajstić information content (AvgIpc) is 2.49. The van der Waals surface area contributed by atoms with Gasteiger partial charge in [0.25, 0.3) is 0 Å². The van der Waals surface area contributed by atoms with Crippen LogP contribution in [0.2, 0.25) is 10.0 Å². The number of hydrogen-bond donors (Lipinski definition) is 1. The number of benzene rings is 2. The molecule has 2 aromatic rings. The van der Waals surface area contributed by atoms with Gasteiger partial charge < -0.3 is 10.1 Å². The molecule has 0 saturated heterocycles. The highest BCUT2D eigenvalue weighted by Gasteiger charge is 2.13. The minimum atomic E-state index is -0.185. The Labute approximate surface area is 146 Å². The molecule has 1 N–H and O–H groups in total. The molecule has 3 nitrogen and oxygen atoms in total. The van der Waals surface area contributed by atoms with Crippen molar-refractivity contribution in [3.63, 3.8) is 0 Å². The lowest BCUT2D eigenvalue weighted by atomic mass is 10.1. The molecule has 23 heavy (non-hydrogen) atoms. The van der Waals surface area contributed by atoms with Crippen LogP contribution < -0.4 is 10.1 Å². The maximum Gasteiger partial charge on any atom is 0.224 e. The number of ether oxygens (including phenoxy) is 1. The van der Waals surface area contributed by atoms with Gasteiger partial charge in [-0.25, -0.2) is 0 Å². The highest BCUT2D eigenvalue weighted by Crippen LogP contribution is 2.26. The van der Waals surface area contributed by atoms with Crippen LogP contribution in [0, 0.1) is 0 Å². The summed E-state index contributed by atoms with van der Waals surface area (Å²) < 4.78 is 5.39. The van der Waals surface area contributed by atoms with Crippen molar-refractivity contribution in [1.29, 1.82) is 0 Å². The second-order valence-corrected chi connectivity index (χ2v) is 6.05. The largest absolute Gasteiger partial charge is 0.494 e. The van der Waals surface area contributed by atoms with E-state index >= 15 is 0 Å². The lowest BCUT2D eigenvalue weighted by Crippen LogP contribution is -2.28. The molecule has 0 heterocycles. The van der Waals surface area contributed by atoms with Crippen molar-refractivity contribution in [3.05, 3.63) is 63.6 Å². The summed E-state index contributed by atoms with van der Waals surface area (Å²) in [5.41, 5.74) is 1.77. The zero-order valence-corrected chi connectivity index (χ0v) is 14.6. The first kappa shape index (κ1) is 17.6. The predicted octanol–water partition coefficient (Wildman–Crippen LogP) is 4.81. The second kappa shape index (κ2) is 8.23. The van der Waals surface area contributed by atoms with Crippen LogP contribution >= 0.6 is 23.2 Å². The standard InChI is InChI=1S/C18H19Cl2NO2/c1-3-23-15-7-4-13(5-8-15)10-18(22)21-12(2)16-9-6-14(19)11-17(16)20/h4-9,11-12H,3,10H2,1-2H3,(H,21,22). The smallest absolute Gasteiger partial charge is 0.224 e. The Bertz CT molecular complexity index is 671. The van der Waals surface area contributed by atoms with Crippen molar-refractivity contribution < 1.29 is 9.53 Å². The Morgan fingerprint density at radius 3 is 2.48 bits per heavy atom. The lowest BCUT2D eigenvalue weighted by Gasteiger charge is -2.16. The molecule has 0 aliphatic carbocycles. The first-order valence-electron chi connectivity index (χ1n) is 7.45. The van der Waals surface area contributed by atoms with Crippen LogP contribution in [0.3, 0.4) is 0 Å². The van der Waals surface area contributed by atoms with Crippen LogP contribution in [-0.4, -0.2) is 12.5 Å². The molecule has 0 radical (unpaired) electrons. The van der Waals surface area contributed by atoms with Crippen LogP contribution in [0.1, 0.15) is 31.0 Å². The van der Waals surface area contributed by atoms with Crippen molar-refractivity contribution in [2.45, 2.75) is 26.3 Å². The number of amides is 1. The van der Waals surface area contributed by atoms with Gasteiger partial charge in [0.15, 0.2) is 0 Å². The van der Waals surface area contributed by atoms with E-state index in [0.29, 0.717) is 23.1 Å². The summed E-state index contributed by atoms with van der Waals surface area (Å²) >= 11 is 12.1. The fraction of sp³-hybridized carbons (Fsp3) is 0.278. The molecule has 2 rings (SSSR count). The highest BCUT2D eigenvalue weighted by atomic mass is 35.5. The molecule has 1 unspecified atom stereocenters. The monoisotopic (exact) mass is 351 g/mol. The molecule has 0 saturated carbocycles. The summed E-state index contributed by atoms with van der Waals surface area (Å²) in [5.74, 6) is 0.741. The first-order valence-corrected chi connectivity index (χ1v) is 8.21. The summed E-state index contributed by atoms with van der Waals surface area (Å²) in [6.07, 6.45) is 0.307. The molecule has 1 atom stereocenters. The Hall–Kier alpha value is -1.71. The third-order valence-electron chi connectivity index (χ3n) is 3.41. The van der Waals surface area contributed by atoms with E-state index < -0.39 is 0 Å². The number of halogens is 2. The number of carbonyl (C=O) groups is 1. The maximum atomic E-state index is 12.2. The van der Waals surface area contributed by atoms with Crippen LogP contribution in [-0.2, 0) is 11.2 Å². The molecule has 2 aromatic carbocycles. The zero-order chi connectivity index (χ0) is 16.8. The molecule has 5 heteroatoms. The molecule has 0 spiro atoms. The number of hydrogen-bond acceptors (Lipinski definition) is 2. The van der Waals surface area contributed by atoms with Gasteiger partial charge in [-0.2, -0.15) is 0 Å². The lowest BCUT2D eigenvalue weighted by molar-refractivity contribution is -0.121. The van der Waals surface area contributed by atoms with Crippen LogP contribution in [0.5, 0.6) is 5.75 Å². The Balaban J connectivity index is 1.95. The fourth-order valence-corrected chi connectivity index (χ4v) is 2.85. The fourth-order valence-electron chi connectivity index (χ4n) is 2.28. The van der Waals surface area contributed by atoms with Gasteiger partial charge in [0.2, 0.25) is 5.91 Å². The van der Waals surface area contributed by atoms with Gasteiger partial charge >= 0.3 is 0 Å². The van der Waals surface area contributed by atoms with E-state index in [1.54, 1.807) is 12.1 Å². The van der Waals surface area contributed by atoms with E-state index in [4.69, 9.17) is 27.9 Å². The molecule has 0 bridgehead atoms. The van der Waals surface area contributed by atoms with Crippen molar-refractivity contribution in [1.82, 2.24) is 5.32 Å². The molecule has 1 amide bonds. The van der Waals surface area contributed by atoms with Gasteiger partial charge in [0.05, 0.1) is 19.1 Å². The molecule has 0 fully saturated rings. The van der Waals surface area contributed by atoms with E-state index in [0.717, 1.165) is 16.9 Å². The topological polar surface area (TPSA) is 38.3 Å². The van der Waals surface area contributed by atoms with Gasteiger partial charge in [0.1, 0.15) is 5.75 Å². The Morgan fingerprint density at radius 2 is 1.87 bits per heavy atom. The van der Waals surface area contributed by atoms with Crippen molar-refractivity contribution in [2.24, 2.45) is 0 Å². The summed E-state index contributed by atoms with van der Waals surface area (Å²) in [6.45, 7) is 4.45. The maximum absolute atomic E-state index is 12.2. The SMILES string of the molecule is CCOc1ccc(CC(=O)NC(C)c2ccc(Cl)cc2Cl)cc1. The average molecular weight is 352 g/mol. The van der Waals surface area contributed by atoms with E-state index in [-0.39, 0.29) is 11.9 Å². The molecule has 0 aliphatic rings. The van der Waals surface area contributed by atoms with E-state index in [2.05, 4.69) is 5.32 Å². The third-order valence-corrected chi connectivity index (χ3v) is 3.97.